The van der Waals surface area contributed by atoms with Gasteiger partial charge in [-0.2, -0.15) is 0 Å². The van der Waals surface area contributed by atoms with Crippen LogP contribution >= 0.6 is 0 Å². The molecular weight excluding hydrogens is 256 g/mol. The predicted octanol–water partition coefficient (Wildman–Crippen LogP) is 1.08. The number of amides is 1. The van der Waals surface area contributed by atoms with E-state index in [2.05, 4.69) is 17.2 Å². The molecule has 0 saturated carbocycles. The fourth-order valence-electron chi connectivity index (χ4n) is 1.86. The standard InChI is InChI=1S/C14H28N4O2/c1-2-3-4-5-6-9-13(20)18-12(11-19)8-7-10-17-14(15)16/h11-12H,2-10H2,1H3,(H,18,20)(H4,15,16,17)/t12-/m1/s1. The average molecular weight is 284 g/mol. The number of carbonyl (C=O) groups excluding carboxylic acids is 2. The van der Waals surface area contributed by atoms with Gasteiger partial charge in [0.1, 0.15) is 6.29 Å². The summed E-state index contributed by atoms with van der Waals surface area (Å²) < 4.78 is 0. The molecule has 20 heavy (non-hydrogen) atoms. The van der Waals surface area contributed by atoms with Crippen molar-refractivity contribution in [3.8, 4) is 0 Å². The minimum absolute atomic E-state index is 0.0452. The van der Waals surface area contributed by atoms with E-state index in [1.807, 2.05) is 0 Å². The van der Waals surface area contributed by atoms with Crippen LogP contribution in [0.4, 0.5) is 0 Å². The first-order valence-corrected chi connectivity index (χ1v) is 7.40. The molecule has 0 aromatic heterocycles. The van der Waals surface area contributed by atoms with Gasteiger partial charge in [0.25, 0.3) is 0 Å². The van der Waals surface area contributed by atoms with E-state index in [1.54, 1.807) is 0 Å². The third kappa shape index (κ3) is 11.5. The molecule has 0 bridgehead atoms. The molecule has 0 spiro atoms. The summed E-state index contributed by atoms with van der Waals surface area (Å²) in [5, 5.41) is 2.73. The number of carbonyl (C=O) groups is 2. The highest BCUT2D eigenvalue weighted by atomic mass is 16.2. The maximum Gasteiger partial charge on any atom is 0.220 e. The van der Waals surface area contributed by atoms with Gasteiger partial charge < -0.3 is 21.6 Å². The van der Waals surface area contributed by atoms with Gasteiger partial charge in [0, 0.05) is 13.0 Å². The molecule has 0 aliphatic carbocycles. The third-order valence-corrected chi connectivity index (χ3v) is 2.99. The van der Waals surface area contributed by atoms with E-state index < -0.39 is 6.04 Å². The Labute approximate surface area is 121 Å². The first-order valence-electron chi connectivity index (χ1n) is 7.40. The Kier molecular flexibility index (Phi) is 11.5. The number of aliphatic imine (C=N–C) groups is 1. The lowest BCUT2D eigenvalue weighted by atomic mass is 10.1. The summed E-state index contributed by atoms with van der Waals surface area (Å²) in [4.78, 5) is 26.4. The normalized spacial score (nSPS) is 11.7. The van der Waals surface area contributed by atoms with Crippen LogP contribution in [-0.4, -0.2) is 30.7 Å². The topological polar surface area (TPSA) is 111 Å². The smallest absolute Gasteiger partial charge is 0.220 e. The van der Waals surface area contributed by atoms with Gasteiger partial charge in [0.2, 0.25) is 5.91 Å². The van der Waals surface area contributed by atoms with Gasteiger partial charge in [-0.3, -0.25) is 9.79 Å². The van der Waals surface area contributed by atoms with Crippen LogP contribution < -0.4 is 16.8 Å². The van der Waals surface area contributed by atoms with E-state index in [-0.39, 0.29) is 11.9 Å². The van der Waals surface area contributed by atoms with Crippen molar-refractivity contribution < 1.29 is 9.59 Å². The molecule has 0 aliphatic rings. The lowest BCUT2D eigenvalue weighted by Crippen LogP contribution is -2.36. The van der Waals surface area contributed by atoms with Crippen LogP contribution in [0.25, 0.3) is 0 Å². The number of rotatable bonds is 12. The third-order valence-electron chi connectivity index (χ3n) is 2.99. The van der Waals surface area contributed by atoms with Crippen molar-refractivity contribution in [3.05, 3.63) is 0 Å². The van der Waals surface area contributed by atoms with Crippen molar-refractivity contribution >= 4 is 18.2 Å². The summed E-state index contributed by atoms with van der Waals surface area (Å²) in [6, 6.07) is -0.438. The zero-order valence-electron chi connectivity index (χ0n) is 12.4. The minimum atomic E-state index is -0.438. The van der Waals surface area contributed by atoms with Crippen LogP contribution in [0.1, 0.15) is 58.3 Å². The van der Waals surface area contributed by atoms with Crippen LogP contribution in [0.5, 0.6) is 0 Å². The second-order valence-electron chi connectivity index (χ2n) is 4.92. The lowest BCUT2D eigenvalue weighted by Gasteiger charge is -2.12. The minimum Gasteiger partial charge on any atom is -0.370 e. The molecule has 0 aliphatic heterocycles. The molecular formula is C14H28N4O2. The van der Waals surface area contributed by atoms with Gasteiger partial charge in [0.05, 0.1) is 6.04 Å². The molecule has 6 nitrogen and oxygen atoms in total. The van der Waals surface area contributed by atoms with E-state index in [0.717, 1.165) is 19.1 Å². The van der Waals surface area contributed by atoms with Crippen molar-refractivity contribution in [3.63, 3.8) is 0 Å². The highest BCUT2D eigenvalue weighted by Gasteiger charge is 2.10. The van der Waals surface area contributed by atoms with Crippen LogP contribution in [0.15, 0.2) is 4.99 Å². The molecule has 6 heteroatoms. The summed E-state index contributed by atoms with van der Waals surface area (Å²) in [6.45, 7) is 2.63. The van der Waals surface area contributed by atoms with Gasteiger partial charge in [-0.1, -0.05) is 32.6 Å². The van der Waals surface area contributed by atoms with Crippen LogP contribution in [0.3, 0.4) is 0 Å². The molecule has 0 radical (unpaired) electrons. The van der Waals surface area contributed by atoms with Crippen molar-refractivity contribution in [1.82, 2.24) is 5.32 Å². The van der Waals surface area contributed by atoms with Gasteiger partial charge in [-0.15, -0.1) is 0 Å². The van der Waals surface area contributed by atoms with Crippen LogP contribution in [-0.2, 0) is 9.59 Å². The molecule has 0 saturated heterocycles. The van der Waals surface area contributed by atoms with Gasteiger partial charge in [-0.25, -0.2) is 0 Å². The molecule has 0 rings (SSSR count). The number of nitrogens with two attached hydrogens (primary N) is 2. The number of unbranched alkanes of at least 4 members (excludes halogenated alkanes) is 4. The molecule has 5 N–H and O–H groups in total. The molecule has 1 amide bonds. The van der Waals surface area contributed by atoms with Crippen molar-refractivity contribution in [2.24, 2.45) is 16.5 Å². The number of nitrogens with zero attached hydrogens (tertiary/aromatic N) is 1. The molecule has 0 aromatic rings. The zero-order valence-corrected chi connectivity index (χ0v) is 12.4. The Morgan fingerprint density at radius 1 is 1.20 bits per heavy atom. The largest absolute Gasteiger partial charge is 0.370 e. The maximum atomic E-state index is 11.6. The average Bonchev–Trinajstić information content (AvgIpc) is 2.41. The molecule has 0 unspecified atom stereocenters. The van der Waals surface area contributed by atoms with Crippen LogP contribution in [0.2, 0.25) is 0 Å². The number of guanidine groups is 1. The summed E-state index contributed by atoms with van der Waals surface area (Å²) in [5.41, 5.74) is 10.4. The number of nitrogens with one attached hydrogen (secondary N) is 1. The van der Waals surface area contributed by atoms with Gasteiger partial charge >= 0.3 is 0 Å². The summed E-state index contributed by atoms with van der Waals surface area (Å²) >= 11 is 0. The van der Waals surface area contributed by atoms with Gasteiger partial charge in [-0.05, 0) is 19.3 Å². The number of hydrogen-bond acceptors (Lipinski definition) is 3. The number of aldehydes is 1. The highest BCUT2D eigenvalue weighted by Crippen LogP contribution is 2.05. The van der Waals surface area contributed by atoms with Crippen LogP contribution in [0, 0.1) is 0 Å². The Hall–Kier alpha value is -1.59. The van der Waals surface area contributed by atoms with E-state index in [4.69, 9.17) is 11.5 Å². The molecule has 0 aromatic carbocycles. The molecule has 0 heterocycles. The summed E-state index contributed by atoms with van der Waals surface area (Å²) in [5.74, 6) is -0.00999. The predicted molar refractivity (Wildman–Crippen MR) is 81.3 cm³/mol. The van der Waals surface area contributed by atoms with Crippen molar-refractivity contribution in [2.75, 3.05) is 6.54 Å². The monoisotopic (exact) mass is 284 g/mol. The number of hydrogen-bond donors (Lipinski definition) is 3. The van der Waals surface area contributed by atoms with Crippen molar-refractivity contribution in [1.29, 1.82) is 0 Å². The SMILES string of the molecule is CCCCCCCC(=O)N[C@@H](C=O)CCCN=C(N)N. The Bertz CT molecular complexity index is 302. The fourth-order valence-corrected chi connectivity index (χ4v) is 1.86. The van der Waals surface area contributed by atoms with Crippen molar-refractivity contribution in [2.45, 2.75) is 64.3 Å². The van der Waals surface area contributed by atoms with E-state index >= 15 is 0 Å². The summed E-state index contributed by atoms with van der Waals surface area (Å²) in [7, 11) is 0. The Morgan fingerprint density at radius 2 is 1.90 bits per heavy atom. The maximum absolute atomic E-state index is 11.6. The first-order chi connectivity index (χ1) is 9.60. The Morgan fingerprint density at radius 3 is 2.50 bits per heavy atom. The molecule has 116 valence electrons. The van der Waals surface area contributed by atoms with E-state index in [1.165, 1.54) is 19.3 Å². The van der Waals surface area contributed by atoms with E-state index in [0.29, 0.717) is 25.8 Å². The summed E-state index contributed by atoms with van der Waals surface area (Å²) in [6.07, 6.45) is 7.99. The fraction of sp³-hybridized carbons (Fsp3) is 0.786. The highest BCUT2D eigenvalue weighted by molar-refractivity contribution is 5.79. The molecule has 1 atom stereocenters. The zero-order chi connectivity index (χ0) is 15.2. The van der Waals surface area contributed by atoms with E-state index in [9.17, 15) is 9.59 Å². The second kappa shape index (κ2) is 12.4. The second-order valence-corrected chi connectivity index (χ2v) is 4.92. The first kappa shape index (κ1) is 18.4. The quantitative estimate of drug-likeness (QED) is 0.215. The van der Waals surface area contributed by atoms with Gasteiger partial charge in [0.15, 0.2) is 5.96 Å². The molecule has 0 fully saturated rings. The lowest BCUT2D eigenvalue weighted by molar-refractivity contribution is -0.124. The Balaban J connectivity index is 3.72.